The van der Waals surface area contributed by atoms with Crippen molar-refractivity contribution in [1.29, 1.82) is 0 Å². The van der Waals surface area contributed by atoms with Gasteiger partial charge in [-0.2, -0.15) is 13.2 Å². The average molecular weight is 475 g/mol. The van der Waals surface area contributed by atoms with E-state index in [-0.39, 0.29) is 24.3 Å². The highest BCUT2D eigenvalue weighted by molar-refractivity contribution is 5.97. The second-order valence-corrected chi connectivity index (χ2v) is 7.69. The van der Waals surface area contributed by atoms with E-state index in [1.165, 1.54) is 24.3 Å². The maximum Gasteiger partial charge on any atom is 0.416 e. The molecule has 0 radical (unpaired) electrons. The minimum Gasteiger partial charge on any atom is -0.395 e. The molecule has 0 fully saturated rings. The quantitative estimate of drug-likeness (QED) is 0.194. The number of nitrogen functional groups attached to an aromatic ring is 1. The number of hydrogen-bond donors (Lipinski definition) is 3. The number of hydrogen-bond acceptors (Lipinski definition) is 3. The van der Waals surface area contributed by atoms with Crippen LogP contribution in [0.25, 0.3) is 0 Å². The highest BCUT2D eigenvalue weighted by Crippen LogP contribution is 2.31. The molecule has 2 atom stereocenters. The lowest BCUT2D eigenvalue weighted by Gasteiger charge is -2.16. The summed E-state index contributed by atoms with van der Waals surface area (Å²) in [6.45, 7) is 1.99. The number of benzene rings is 2. The lowest BCUT2D eigenvalue weighted by atomic mass is 10.1. The van der Waals surface area contributed by atoms with Crippen LogP contribution in [0.4, 0.5) is 43.4 Å². The van der Waals surface area contributed by atoms with Gasteiger partial charge in [-0.1, -0.05) is 44.7 Å². The van der Waals surface area contributed by atoms with Crippen LogP contribution < -0.4 is 16.4 Å². The van der Waals surface area contributed by atoms with E-state index in [1.807, 2.05) is 6.92 Å². The first-order valence-corrected chi connectivity index (χ1v) is 10.6. The minimum absolute atomic E-state index is 0.00825. The number of carbonyl (C=O) groups is 1. The van der Waals surface area contributed by atoms with Crippen molar-refractivity contribution in [3.8, 4) is 0 Å². The SMILES string of the molecule is CCCCCCC(F)C(F)C(=O)Nc1ccc(NCc2ccc(C(F)(F)F)cc2)c(F)c1N. The van der Waals surface area contributed by atoms with Crippen molar-refractivity contribution in [3.05, 3.63) is 53.3 Å². The summed E-state index contributed by atoms with van der Waals surface area (Å²) in [6, 6.07) is 6.79. The van der Waals surface area contributed by atoms with Crippen molar-refractivity contribution < 1.29 is 31.1 Å². The van der Waals surface area contributed by atoms with Crippen LogP contribution in [-0.2, 0) is 17.5 Å². The summed E-state index contributed by atoms with van der Waals surface area (Å²) in [4.78, 5) is 12.0. The maximum atomic E-state index is 14.6. The number of rotatable bonds is 11. The van der Waals surface area contributed by atoms with Crippen LogP contribution in [0.5, 0.6) is 0 Å². The van der Waals surface area contributed by atoms with Crippen molar-refractivity contribution in [2.75, 3.05) is 16.4 Å². The van der Waals surface area contributed by atoms with Crippen LogP contribution in [0.1, 0.15) is 50.2 Å². The van der Waals surface area contributed by atoms with Gasteiger partial charge in [-0.3, -0.25) is 4.79 Å². The zero-order chi connectivity index (χ0) is 24.6. The molecule has 1 amide bonds. The van der Waals surface area contributed by atoms with Crippen molar-refractivity contribution in [1.82, 2.24) is 0 Å². The molecule has 0 aliphatic heterocycles. The third kappa shape index (κ3) is 7.57. The van der Waals surface area contributed by atoms with Crippen LogP contribution in [0.2, 0.25) is 0 Å². The summed E-state index contributed by atoms with van der Waals surface area (Å²) in [6.07, 6.45) is -5.90. The van der Waals surface area contributed by atoms with Gasteiger partial charge >= 0.3 is 6.18 Å². The Morgan fingerprint density at radius 3 is 2.24 bits per heavy atom. The third-order valence-corrected chi connectivity index (χ3v) is 5.10. The molecule has 2 aromatic carbocycles. The van der Waals surface area contributed by atoms with Gasteiger partial charge in [-0.05, 0) is 36.2 Å². The van der Waals surface area contributed by atoms with E-state index in [1.54, 1.807) is 0 Å². The zero-order valence-corrected chi connectivity index (χ0v) is 18.1. The standard InChI is InChI=1S/C23H27F6N3O/c1-2-3-4-5-6-16(24)19(25)22(33)32-18-12-11-17(20(26)21(18)30)31-13-14-7-9-15(10-8-14)23(27,28)29/h7-12,16,19,31H,2-6,13,30H2,1H3,(H,32,33). The molecule has 0 aliphatic carbocycles. The van der Waals surface area contributed by atoms with Crippen LogP contribution in [0.15, 0.2) is 36.4 Å². The monoisotopic (exact) mass is 475 g/mol. The third-order valence-electron chi connectivity index (χ3n) is 5.10. The Labute approximate surface area is 188 Å². The predicted octanol–water partition coefficient (Wildman–Crippen LogP) is 6.62. The largest absolute Gasteiger partial charge is 0.416 e. The lowest BCUT2D eigenvalue weighted by Crippen LogP contribution is -2.32. The van der Waals surface area contributed by atoms with Gasteiger partial charge in [0.05, 0.1) is 22.6 Å². The molecule has 2 unspecified atom stereocenters. The lowest BCUT2D eigenvalue weighted by molar-refractivity contribution is -0.137. The Bertz CT molecular complexity index is 918. The predicted molar refractivity (Wildman–Crippen MR) is 117 cm³/mol. The Morgan fingerprint density at radius 2 is 1.64 bits per heavy atom. The second-order valence-electron chi connectivity index (χ2n) is 7.69. The summed E-state index contributed by atoms with van der Waals surface area (Å²) >= 11 is 0. The van der Waals surface area contributed by atoms with E-state index in [2.05, 4.69) is 10.6 Å². The molecule has 182 valence electrons. The number of carbonyl (C=O) groups excluding carboxylic acids is 1. The van der Waals surface area contributed by atoms with Gasteiger partial charge in [0, 0.05) is 6.54 Å². The minimum atomic E-state index is -4.46. The van der Waals surface area contributed by atoms with E-state index < -0.39 is 41.5 Å². The number of amides is 1. The summed E-state index contributed by atoms with van der Waals surface area (Å²) in [5, 5.41) is 4.80. The van der Waals surface area contributed by atoms with Crippen LogP contribution in [0.3, 0.4) is 0 Å². The van der Waals surface area contributed by atoms with Gasteiger partial charge in [-0.15, -0.1) is 0 Å². The van der Waals surface area contributed by atoms with Crippen LogP contribution in [0, 0.1) is 5.82 Å². The molecule has 0 aliphatic rings. The van der Waals surface area contributed by atoms with Gasteiger partial charge in [0.25, 0.3) is 5.91 Å². The normalized spacial score (nSPS) is 13.4. The van der Waals surface area contributed by atoms with E-state index in [4.69, 9.17) is 5.73 Å². The Morgan fingerprint density at radius 1 is 1.00 bits per heavy atom. The zero-order valence-electron chi connectivity index (χ0n) is 18.1. The van der Waals surface area contributed by atoms with E-state index in [9.17, 15) is 31.1 Å². The molecule has 0 spiro atoms. The van der Waals surface area contributed by atoms with E-state index >= 15 is 0 Å². The summed E-state index contributed by atoms with van der Waals surface area (Å²) < 4.78 is 80.5. The molecule has 0 bridgehead atoms. The molecular weight excluding hydrogens is 448 g/mol. The highest BCUT2D eigenvalue weighted by Gasteiger charge is 2.30. The molecule has 33 heavy (non-hydrogen) atoms. The topological polar surface area (TPSA) is 67.2 Å². The highest BCUT2D eigenvalue weighted by atomic mass is 19.4. The summed E-state index contributed by atoms with van der Waals surface area (Å²) in [5.74, 6) is -2.19. The first kappa shape index (κ1) is 26.3. The smallest absolute Gasteiger partial charge is 0.395 e. The Balaban J connectivity index is 1.96. The molecule has 4 N–H and O–H groups in total. The number of nitrogens with two attached hydrogens (primary N) is 1. The molecule has 2 aromatic rings. The molecule has 0 aromatic heterocycles. The van der Waals surface area contributed by atoms with Crippen molar-refractivity contribution >= 4 is 23.0 Å². The first-order valence-electron chi connectivity index (χ1n) is 10.6. The fourth-order valence-corrected chi connectivity index (χ4v) is 3.13. The van der Waals surface area contributed by atoms with Gasteiger partial charge in [-0.25, -0.2) is 13.2 Å². The van der Waals surface area contributed by atoms with Crippen LogP contribution in [-0.4, -0.2) is 18.3 Å². The van der Waals surface area contributed by atoms with E-state index in [0.29, 0.717) is 12.0 Å². The van der Waals surface area contributed by atoms with Crippen molar-refractivity contribution in [2.45, 2.75) is 64.1 Å². The van der Waals surface area contributed by atoms with Gasteiger partial charge in [0.1, 0.15) is 6.17 Å². The molecule has 0 saturated heterocycles. The molecular formula is C23H27F6N3O. The fraction of sp³-hybridized carbons (Fsp3) is 0.435. The molecule has 0 saturated carbocycles. The first-order chi connectivity index (χ1) is 15.5. The second kappa shape index (κ2) is 11.8. The number of alkyl halides is 5. The Kier molecular flexibility index (Phi) is 9.43. The molecule has 4 nitrogen and oxygen atoms in total. The maximum absolute atomic E-state index is 14.6. The molecule has 0 heterocycles. The number of anilines is 3. The summed E-state index contributed by atoms with van der Waals surface area (Å²) in [5.41, 5.74) is 4.59. The van der Waals surface area contributed by atoms with Gasteiger partial charge in [0.2, 0.25) is 6.17 Å². The van der Waals surface area contributed by atoms with Gasteiger partial charge in [0.15, 0.2) is 5.82 Å². The average Bonchev–Trinajstić information content (AvgIpc) is 2.78. The van der Waals surface area contributed by atoms with Gasteiger partial charge < -0.3 is 16.4 Å². The van der Waals surface area contributed by atoms with E-state index in [0.717, 1.165) is 31.4 Å². The number of unbranched alkanes of at least 4 members (excludes halogenated alkanes) is 3. The number of nitrogens with one attached hydrogen (secondary N) is 2. The van der Waals surface area contributed by atoms with Crippen LogP contribution >= 0.6 is 0 Å². The molecule has 2 rings (SSSR count). The van der Waals surface area contributed by atoms with Crippen molar-refractivity contribution in [2.24, 2.45) is 0 Å². The van der Waals surface area contributed by atoms with Crippen molar-refractivity contribution in [3.63, 3.8) is 0 Å². The molecule has 10 heteroatoms. The summed E-state index contributed by atoms with van der Waals surface area (Å²) in [7, 11) is 0. The fourth-order valence-electron chi connectivity index (χ4n) is 3.13. The number of halogens is 6. The Hall–Kier alpha value is -2.91.